The minimum absolute atomic E-state index is 0.224. The van der Waals surface area contributed by atoms with Crippen molar-refractivity contribution in [3.05, 3.63) is 42.0 Å². The molecule has 5 N–H and O–H groups in total. The molecular formula is C18H20O8. The molecule has 0 radical (unpaired) electrons. The van der Waals surface area contributed by atoms with Crippen LogP contribution >= 0.6 is 0 Å². The maximum Gasteiger partial charge on any atom is 0.310 e. The number of hydrogen-bond donors (Lipinski definition) is 5. The van der Waals surface area contributed by atoms with Gasteiger partial charge in [-0.15, -0.1) is 0 Å². The molecule has 0 fully saturated rings. The quantitative estimate of drug-likeness (QED) is 0.316. The summed E-state index contributed by atoms with van der Waals surface area (Å²) in [6.45, 7) is 3.18. The fourth-order valence-corrected chi connectivity index (χ4v) is 1.72. The third kappa shape index (κ3) is 5.90. The van der Waals surface area contributed by atoms with Gasteiger partial charge in [0, 0.05) is 12.5 Å². The molecule has 2 aromatic rings. The molecular weight excluding hydrogens is 344 g/mol. The third-order valence-electron chi connectivity index (χ3n) is 3.34. The van der Waals surface area contributed by atoms with Gasteiger partial charge < -0.3 is 30.3 Å². The second-order valence-corrected chi connectivity index (χ2v) is 5.29. The number of aromatic hydroxyl groups is 4. The van der Waals surface area contributed by atoms with E-state index in [9.17, 15) is 9.59 Å². The molecule has 0 heterocycles. The molecule has 0 saturated heterocycles. The Bertz CT molecular complexity index is 783. The van der Waals surface area contributed by atoms with Crippen molar-refractivity contribution in [2.45, 2.75) is 26.2 Å². The number of phenols is 4. The number of carbonyl (C=O) groups excluding carboxylic acids is 1. The summed E-state index contributed by atoms with van der Waals surface area (Å²) < 4.78 is 4.79. The van der Waals surface area contributed by atoms with Gasteiger partial charge in [-0.2, -0.15) is 0 Å². The number of phenolic OH excluding ortho intramolecular Hbond substituents is 4. The van der Waals surface area contributed by atoms with E-state index in [1.807, 2.05) is 0 Å². The monoisotopic (exact) mass is 364 g/mol. The number of aliphatic carboxylic acids is 1. The Labute approximate surface area is 149 Å². The lowest BCUT2D eigenvalue weighted by molar-refractivity contribution is -0.138. The van der Waals surface area contributed by atoms with Crippen molar-refractivity contribution in [3.63, 3.8) is 0 Å². The highest BCUT2D eigenvalue weighted by Crippen LogP contribution is 2.29. The van der Waals surface area contributed by atoms with Gasteiger partial charge in [0.2, 0.25) is 0 Å². The van der Waals surface area contributed by atoms with E-state index in [4.69, 9.17) is 30.3 Å². The van der Waals surface area contributed by atoms with Gasteiger partial charge in [0.15, 0.2) is 23.0 Å². The fourth-order valence-electron chi connectivity index (χ4n) is 1.72. The zero-order valence-corrected chi connectivity index (χ0v) is 14.2. The predicted molar refractivity (Wildman–Crippen MR) is 91.5 cm³/mol. The van der Waals surface area contributed by atoms with E-state index in [0.29, 0.717) is 5.56 Å². The Hall–Kier alpha value is -3.42. The van der Waals surface area contributed by atoms with Gasteiger partial charge in [0.25, 0.3) is 0 Å². The Morgan fingerprint density at radius 1 is 0.923 bits per heavy atom. The maximum atomic E-state index is 10.8. The van der Waals surface area contributed by atoms with Gasteiger partial charge in [0.05, 0.1) is 5.92 Å². The van der Waals surface area contributed by atoms with E-state index in [0.717, 1.165) is 0 Å². The number of hydrogen-bond acceptors (Lipinski definition) is 7. The van der Waals surface area contributed by atoms with Crippen molar-refractivity contribution in [3.8, 4) is 28.7 Å². The molecule has 0 aromatic heterocycles. The van der Waals surface area contributed by atoms with E-state index in [-0.39, 0.29) is 41.1 Å². The van der Waals surface area contributed by atoms with E-state index >= 15 is 0 Å². The average Bonchev–Trinajstić information content (AvgIpc) is 2.60. The number of benzene rings is 2. The van der Waals surface area contributed by atoms with Crippen LogP contribution in [0.3, 0.4) is 0 Å². The van der Waals surface area contributed by atoms with E-state index in [1.165, 1.54) is 43.3 Å². The molecule has 0 aliphatic carbocycles. The van der Waals surface area contributed by atoms with Crippen LogP contribution in [0.5, 0.6) is 28.7 Å². The highest BCUT2D eigenvalue weighted by molar-refractivity contribution is 5.75. The lowest BCUT2D eigenvalue weighted by Gasteiger charge is -2.07. The summed E-state index contributed by atoms with van der Waals surface area (Å²) in [5, 5.41) is 44.7. The highest BCUT2D eigenvalue weighted by Gasteiger charge is 2.14. The average molecular weight is 364 g/mol. The van der Waals surface area contributed by atoms with Crippen LogP contribution in [0, 0.1) is 0 Å². The van der Waals surface area contributed by atoms with Crippen molar-refractivity contribution >= 4 is 11.9 Å². The van der Waals surface area contributed by atoms with E-state index < -0.39 is 11.9 Å². The van der Waals surface area contributed by atoms with Crippen LogP contribution in [0.4, 0.5) is 0 Å². The van der Waals surface area contributed by atoms with Gasteiger partial charge in [-0.1, -0.05) is 13.0 Å². The largest absolute Gasteiger partial charge is 0.504 e. The van der Waals surface area contributed by atoms with Gasteiger partial charge in [-0.3, -0.25) is 9.59 Å². The summed E-state index contributed by atoms with van der Waals surface area (Å²) >= 11 is 0. The summed E-state index contributed by atoms with van der Waals surface area (Å²) in [6, 6.07) is 7.82. The molecule has 0 bridgehead atoms. The van der Waals surface area contributed by atoms with Gasteiger partial charge in [-0.05, 0) is 36.8 Å². The number of esters is 1. The standard InChI is InChI=1S/2C9H10O4/c1-5(9(12)13)6-2-3-7(10)8(11)4-6;1-2-9(12)13-6-3-4-7(10)8(11)5-6/h2-5,10-11H,1H3,(H,12,13);3-5,10-11H,2H2,1H3. The SMILES string of the molecule is CC(C(=O)O)c1ccc(O)c(O)c1.CCC(=O)Oc1ccc(O)c(O)c1. The van der Waals surface area contributed by atoms with Crippen LogP contribution < -0.4 is 4.74 Å². The van der Waals surface area contributed by atoms with Crippen LogP contribution in [-0.4, -0.2) is 37.5 Å². The minimum atomic E-state index is -0.968. The summed E-state index contributed by atoms with van der Waals surface area (Å²) in [5.74, 6) is -2.91. The van der Waals surface area contributed by atoms with Crippen LogP contribution in [0.1, 0.15) is 31.7 Å². The summed E-state index contributed by atoms with van der Waals surface area (Å²) in [6.07, 6.45) is 0.266. The lowest BCUT2D eigenvalue weighted by atomic mass is 10.0. The van der Waals surface area contributed by atoms with Crippen molar-refractivity contribution < 1.29 is 39.9 Å². The molecule has 0 amide bonds. The van der Waals surface area contributed by atoms with Crippen molar-refractivity contribution in [1.82, 2.24) is 0 Å². The lowest BCUT2D eigenvalue weighted by Crippen LogP contribution is -2.06. The van der Waals surface area contributed by atoms with Crippen LogP contribution in [-0.2, 0) is 9.59 Å². The Morgan fingerprint density at radius 2 is 1.46 bits per heavy atom. The smallest absolute Gasteiger partial charge is 0.310 e. The first kappa shape index (κ1) is 20.6. The topological polar surface area (TPSA) is 145 Å². The Balaban J connectivity index is 0.000000260. The van der Waals surface area contributed by atoms with Crippen LogP contribution in [0.25, 0.3) is 0 Å². The molecule has 0 saturated carbocycles. The molecule has 8 nitrogen and oxygen atoms in total. The molecule has 26 heavy (non-hydrogen) atoms. The summed E-state index contributed by atoms with van der Waals surface area (Å²) in [4.78, 5) is 21.4. The molecule has 8 heteroatoms. The Kier molecular flexibility index (Phi) is 7.27. The maximum absolute atomic E-state index is 10.8. The van der Waals surface area contributed by atoms with Crippen molar-refractivity contribution in [2.75, 3.05) is 0 Å². The van der Waals surface area contributed by atoms with Gasteiger partial charge in [-0.25, -0.2) is 0 Å². The van der Waals surface area contributed by atoms with Crippen LogP contribution in [0.2, 0.25) is 0 Å². The normalized spacial score (nSPS) is 11.0. The van der Waals surface area contributed by atoms with Crippen molar-refractivity contribution in [1.29, 1.82) is 0 Å². The minimum Gasteiger partial charge on any atom is -0.504 e. The van der Waals surface area contributed by atoms with Gasteiger partial charge >= 0.3 is 11.9 Å². The van der Waals surface area contributed by atoms with E-state index in [2.05, 4.69) is 0 Å². The summed E-state index contributed by atoms with van der Waals surface area (Å²) in [5.41, 5.74) is 0.461. The van der Waals surface area contributed by atoms with Crippen LogP contribution in [0.15, 0.2) is 36.4 Å². The second-order valence-electron chi connectivity index (χ2n) is 5.29. The summed E-state index contributed by atoms with van der Waals surface area (Å²) in [7, 11) is 0. The number of carboxylic acid groups (broad SMARTS) is 1. The zero-order valence-electron chi connectivity index (χ0n) is 14.2. The molecule has 0 aliphatic heterocycles. The number of ether oxygens (including phenoxy) is 1. The fraction of sp³-hybridized carbons (Fsp3) is 0.222. The van der Waals surface area contributed by atoms with Gasteiger partial charge in [0.1, 0.15) is 5.75 Å². The first-order valence-corrected chi connectivity index (χ1v) is 7.63. The first-order valence-electron chi connectivity index (χ1n) is 7.63. The molecule has 0 spiro atoms. The second kappa shape index (κ2) is 9.16. The highest BCUT2D eigenvalue weighted by atomic mass is 16.5. The Morgan fingerprint density at radius 3 is 1.92 bits per heavy atom. The number of carbonyl (C=O) groups is 2. The predicted octanol–water partition coefficient (Wildman–Crippen LogP) is 2.70. The van der Waals surface area contributed by atoms with E-state index in [1.54, 1.807) is 6.92 Å². The molecule has 140 valence electrons. The molecule has 1 atom stereocenters. The number of rotatable bonds is 4. The van der Waals surface area contributed by atoms with Crippen molar-refractivity contribution in [2.24, 2.45) is 0 Å². The molecule has 2 rings (SSSR count). The molecule has 1 unspecified atom stereocenters. The third-order valence-corrected chi connectivity index (χ3v) is 3.34. The molecule has 0 aliphatic rings. The first-order chi connectivity index (χ1) is 12.1. The molecule has 2 aromatic carbocycles. The zero-order chi connectivity index (χ0) is 19.9. The number of carboxylic acids is 1.